The van der Waals surface area contributed by atoms with E-state index in [0.29, 0.717) is 6.04 Å². The van der Waals surface area contributed by atoms with Crippen molar-refractivity contribution in [3.05, 3.63) is 72.7 Å². The number of piperidine rings is 1. The first-order valence-electron chi connectivity index (χ1n) is 11.1. The summed E-state index contributed by atoms with van der Waals surface area (Å²) >= 11 is 0. The minimum atomic E-state index is 0.200. The quantitative estimate of drug-likeness (QED) is 0.493. The van der Waals surface area contributed by atoms with Gasteiger partial charge in [-0.15, -0.1) is 0 Å². The molecule has 5 nitrogen and oxygen atoms in total. The number of aromatic nitrogens is 3. The van der Waals surface area contributed by atoms with Crippen molar-refractivity contribution in [2.45, 2.75) is 38.6 Å². The third-order valence-corrected chi connectivity index (χ3v) is 6.29. The Bertz CT molecular complexity index is 1180. The number of fused-ring (bicyclic) bond motifs is 1. The van der Waals surface area contributed by atoms with Crippen molar-refractivity contribution in [3.8, 4) is 16.8 Å². The molecule has 1 aliphatic rings. The normalized spacial score (nSPS) is 16.7. The van der Waals surface area contributed by atoms with Gasteiger partial charge in [0.15, 0.2) is 5.65 Å². The molecule has 2 aromatic carbocycles. The Hall–Kier alpha value is -3.18. The molecule has 1 atom stereocenters. The zero-order valence-electron chi connectivity index (χ0n) is 17.9. The zero-order valence-corrected chi connectivity index (χ0v) is 17.9. The number of rotatable bonds is 5. The van der Waals surface area contributed by atoms with Crippen LogP contribution in [0, 0.1) is 6.92 Å². The molecule has 5 heteroatoms. The first kappa shape index (κ1) is 19.8. The van der Waals surface area contributed by atoms with E-state index in [-0.39, 0.29) is 6.61 Å². The van der Waals surface area contributed by atoms with Crippen LogP contribution in [-0.4, -0.2) is 38.8 Å². The summed E-state index contributed by atoms with van der Waals surface area (Å²) in [5, 5.41) is 10.7. The minimum absolute atomic E-state index is 0.200. The van der Waals surface area contributed by atoms with E-state index in [2.05, 4.69) is 71.1 Å². The number of hydrogen-bond acceptors (Lipinski definition) is 4. The van der Waals surface area contributed by atoms with Crippen LogP contribution in [-0.2, 0) is 0 Å². The zero-order chi connectivity index (χ0) is 21.2. The molecule has 0 saturated carbocycles. The molecule has 1 fully saturated rings. The van der Waals surface area contributed by atoms with Crippen LogP contribution >= 0.6 is 0 Å². The summed E-state index contributed by atoms with van der Waals surface area (Å²) in [6.07, 6.45) is 8.08. The van der Waals surface area contributed by atoms with Crippen LogP contribution in [0.25, 0.3) is 27.8 Å². The van der Waals surface area contributed by atoms with Crippen LogP contribution in [0.15, 0.2) is 67.1 Å². The maximum absolute atomic E-state index is 9.64. The monoisotopic (exact) mass is 412 g/mol. The lowest BCUT2D eigenvalue weighted by molar-refractivity contribution is 0.262. The van der Waals surface area contributed by atoms with E-state index >= 15 is 0 Å². The third kappa shape index (κ3) is 3.70. The molecule has 158 valence electrons. The predicted octanol–water partition coefficient (Wildman–Crippen LogP) is 5.14. The number of nitrogens with zero attached hydrogens (tertiary/aromatic N) is 4. The van der Waals surface area contributed by atoms with Crippen molar-refractivity contribution < 1.29 is 5.11 Å². The van der Waals surface area contributed by atoms with Crippen molar-refractivity contribution in [2.24, 2.45) is 0 Å². The number of hydrogen-bond donors (Lipinski definition) is 1. The molecule has 0 aliphatic carbocycles. The highest BCUT2D eigenvalue weighted by Crippen LogP contribution is 2.38. The van der Waals surface area contributed by atoms with Crippen LogP contribution in [0.2, 0.25) is 0 Å². The molecule has 1 unspecified atom stereocenters. The van der Waals surface area contributed by atoms with Crippen LogP contribution in [0.4, 0.5) is 5.82 Å². The number of aryl methyl sites for hydroxylation is 1. The average molecular weight is 413 g/mol. The Morgan fingerprint density at radius 2 is 1.90 bits per heavy atom. The fraction of sp³-hybridized carbons (Fsp3) is 0.308. The first-order chi connectivity index (χ1) is 15.3. The highest BCUT2D eigenvalue weighted by atomic mass is 16.3. The Kier molecular flexibility index (Phi) is 5.43. The van der Waals surface area contributed by atoms with E-state index < -0.39 is 0 Å². The maximum atomic E-state index is 9.64. The van der Waals surface area contributed by atoms with Crippen molar-refractivity contribution >= 4 is 16.9 Å². The van der Waals surface area contributed by atoms with Crippen LogP contribution in [0.3, 0.4) is 0 Å². The Morgan fingerprint density at radius 1 is 1.03 bits per heavy atom. The summed E-state index contributed by atoms with van der Waals surface area (Å²) in [5.74, 6) is 0.980. The molecule has 1 N–H and O–H groups in total. The molecule has 31 heavy (non-hydrogen) atoms. The van der Waals surface area contributed by atoms with Gasteiger partial charge < -0.3 is 14.6 Å². The number of aliphatic hydroxyl groups excluding tert-OH is 1. The van der Waals surface area contributed by atoms with Gasteiger partial charge in [-0.3, -0.25) is 0 Å². The predicted molar refractivity (Wildman–Crippen MR) is 126 cm³/mol. The molecular formula is C26H28N4O. The van der Waals surface area contributed by atoms with Crippen molar-refractivity contribution in [1.29, 1.82) is 0 Å². The van der Waals surface area contributed by atoms with E-state index in [1.807, 2.05) is 6.07 Å². The van der Waals surface area contributed by atoms with Gasteiger partial charge in [-0.05, 0) is 55.9 Å². The van der Waals surface area contributed by atoms with Gasteiger partial charge in [0, 0.05) is 36.6 Å². The van der Waals surface area contributed by atoms with Crippen molar-refractivity contribution in [1.82, 2.24) is 14.5 Å². The molecule has 4 aromatic rings. The lowest BCUT2D eigenvalue weighted by Crippen LogP contribution is -2.40. The largest absolute Gasteiger partial charge is 0.396 e. The highest BCUT2D eigenvalue weighted by Gasteiger charge is 2.27. The molecule has 5 rings (SSSR count). The van der Waals surface area contributed by atoms with Crippen LogP contribution < -0.4 is 4.90 Å². The number of anilines is 1. The molecule has 0 radical (unpaired) electrons. The molecule has 0 spiro atoms. The fourth-order valence-corrected chi connectivity index (χ4v) is 4.80. The maximum Gasteiger partial charge on any atom is 0.150 e. The smallest absolute Gasteiger partial charge is 0.150 e. The molecular weight excluding hydrogens is 384 g/mol. The van der Waals surface area contributed by atoms with Gasteiger partial charge in [-0.2, -0.15) is 0 Å². The van der Waals surface area contributed by atoms with Gasteiger partial charge in [0.25, 0.3) is 0 Å². The third-order valence-electron chi connectivity index (χ3n) is 6.29. The molecule has 3 heterocycles. The summed E-state index contributed by atoms with van der Waals surface area (Å²) in [5.41, 5.74) is 5.53. The molecule has 0 amide bonds. The summed E-state index contributed by atoms with van der Waals surface area (Å²) in [4.78, 5) is 11.9. The van der Waals surface area contributed by atoms with Gasteiger partial charge in [-0.1, -0.05) is 42.5 Å². The Morgan fingerprint density at radius 3 is 2.71 bits per heavy atom. The van der Waals surface area contributed by atoms with E-state index in [0.717, 1.165) is 59.5 Å². The van der Waals surface area contributed by atoms with E-state index in [9.17, 15) is 5.11 Å². The van der Waals surface area contributed by atoms with Gasteiger partial charge in [0.1, 0.15) is 12.1 Å². The summed E-state index contributed by atoms with van der Waals surface area (Å²) in [6.45, 7) is 3.27. The average Bonchev–Trinajstić information content (AvgIpc) is 3.20. The van der Waals surface area contributed by atoms with Crippen molar-refractivity contribution in [3.63, 3.8) is 0 Å². The number of benzene rings is 2. The number of aliphatic hydroxyl groups is 1. The lowest BCUT2D eigenvalue weighted by atomic mass is 9.98. The summed E-state index contributed by atoms with van der Waals surface area (Å²) in [6, 6.07) is 19.3. The van der Waals surface area contributed by atoms with Gasteiger partial charge in [0.05, 0.1) is 5.39 Å². The first-order valence-corrected chi connectivity index (χ1v) is 11.1. The summed E-state index contributed by atoms with van der Waals surface area (Å²) in [7, 11) is 0. The topological polar surface area (TPSA) is 54.2 Å². The van der Waals surface area contributed by atoms with E-state index in [1.165, 1.54) is 12.0 Å². The van der Waals surface area contributed by atoms with Gasteiger partial charge in [0.2, 0.25) is 0 Å². The molecule has 2 aromatic heterocycles. The standard InChI is InChI=1S/C26H28N4O/c1-19-8-7-12-22(16-19)30-17-23(20-9-3-2-4-10-20)24-25(27-18-28-26(24)30)29-14-6-5-11-21(29)13-15-31/h2-4,7-10,12,16-18,21,31H,5-6,11,13-15H2,1H3. The van der Waals surface area contributed by atoms with E-state index in [1.54, 1.807) is 6.33 Å². The SMILES string of the molecule is Cc1cccc(-n2cc(-c3ccccc3)c3c(N4CCCCC4CCO)ncnc32)c1. The van der Waals surface area contributed by atoms with E-state index in [4.69, 9.17) is 9.97 Å². The Labute approximate surface area is 183 Å². The van der Waals surface area contributed by atoms with Gasteiger partial charge in [-0.25, -0.2) is 9.97 Å². The second kappa shape index (κ2) is 8.52. The van der Waals surface area contributed by atoms with Crippen LogP contribution in [0.1, 0.15) is 31.2 Å². The second-order valence-corrected chi connectivity index (χ2v) is 8.37. The second-order valence-electron chi connectivity index (χ2n) is 8.37. The van der Waals surface area contributed by atoms with Crippen molar-refractivity contribution in [2.75, 3.05) is 18.1 Å². The molecule has 1 aliphatic heterocycles. The molecule has 1 saturated heterocycles. The Balaban J connectivity index is 1.76. The summed E-state index contributed by atoms with van der Waals surface area (Å²) < 4.78 is 2.18. The fourth-order valence-electron chi connectivity index (χ4n) is 4.80. The highest BCUT2D eigenvalue weighted by molar-refractivity contribution is 6.02. The minimum Gasteiger partial charge on any atom is -0.396 e. The lowest BCUT2D eigenvalue weighted by Gasteiger charge is -2.37. The molecule has 0 bridgehead atoms. The van der Waals surface area contributed by atoms with Crippen LogP contribution in [0.5, 0.6) is 0 Å². The van der Waals surface area contributed by atoms with Gasteiger partial charge >= 0.3 is 0 Å².